The number of ether oxygens (including phenoxy) is 1. The number of rotatable bonds is 5. The lowest BCUT2D eigenvalue weighted by Crippen LogP contribution is -2.20. The molecule has 0 saturated carbocycles. The number of carbonyl (C=O) groups is 1. The second-order valence-corrected chi connectivity index (χ2v) is 5.01. The monoisotopic (exact) mass is 300 g/mol. The average molecular weight is 300 g/mol. The molecule has 2 aromatic rings. The third-order valence-corrected chi connectivity index (χ3v) is 3.55. The third kappa shape index (κ3) is 3.42. The molecular formula is C17H20N2O3. The van der Waals surface area contributed by atoms with Crippen molar-refractivity contribution in [3.63, 3.8) is 0 Å². The fourth-order valence-electron chi connectivity index (χ4n) is 2.37. The summed E-state index contributed by atoms with van der Waals surface area (Å²) >= 11 is 0. The summed E-state index contributed by atoms with van der Waals surface area (Å²) in [5.41, 5.74) is 2.72. The van der Waals surface area contributed by atoms with Gasteiger partial charge in [0.2, 0.25) is 0 Å². The summed E-state index contributed by atoms with van der Waals surface area (Å²) in [6.45, 7) is 3.94. The van der Waals surface area contributed by atoms with Gasteiger partial charge in [-0.3, -0.25) is 4.79 Å². The Labute approximate surface area is 129 Å². The van der Waals surface area contributed by atoms with Crippen LogP contribution < -0.4 is 5.56 Å². The fraction of sp³-hybridized carbons (Fsp3) is 0.353. The van der Waals surface area contributed by atoms with E-state index in [0.717, 1.165) is 11.3 Å². The number of nitrogens with one attached hydrogen (secondary N) is 1. The summed E-state index contributed by atoms with van der Waals surface area (Å²) in [6, 6.07) is 7.12. The molecule has 0 radical (unpaired) electrons. The number of esters is 1. The molecule has 0 aliphatic carbocycles. The van der Waals surface area contributed by atoms with Crippen LogP contribution >= 0.6 is 0 Å². The van der Waals surface area contributed by atoms with E-state index in [1.165, 1.54) is 7.11 Å². The second-order valence-electron chi connectivity index (χ2n) is 5.01. The highest BCUT2D eigenvalue weighted by Crippen LogP contribution is 2.13. The van der Waals surface area contributed by atoms with Gasteiger partial charge >= 0.3 is 5.97 Å². The minimum atomic E-state index is -0.383. The molecule has 116 valence electrons. The predicted octanol–water partition coefficient (Wildman–Crippen LogP) is 2.27. The van der Waals surface area contributed by atoms with Crippen molar-refractivity contribution >= 4 is 5.97 Å². The van der Waals surface area contributed by atoms with E-state index in [0.29, 0.717) is 36.2 Å². The first kappa shape index (κ1) is 15.9. The molecular weight excluding hydrogens is 280 g/mol. The Morgan fingerprint density at radius 1 is 1.27 bits per heavy atom. The lowest BCUT2D eigenvalue weighted by atomic mass is 10.0. The number of hydrogen-bond acceptors (Lipinski definition) is 4. The van der Waals surface area contributed by atoms with E-state index in [4.69, 9.17) is 4.74 Å². The Balaban J connectivity index is 2.39. The maximum absolute atomic E-state index is 12.3. The van der Waals surface area contributed by atoms with Crippen LogP contribution in [-0.4, -0.2) is 23.0 Å². The molecule has 0 saturated heterocycles. The van der Waals surface area contributed by atoms with Crippen molar-refractivity contribution in [3.05, 3.63) is 62.8 Å². The molecule has 0 spiro atoms. The van der Waals surface area contributed by atoms with Gasteiger partial charge in [0.25, 0.3) is 5.56 Å². The van der Waals surface area contributed by atoms with Gasteiger partial charge in [0.15, 0.2) is 0 Å². The Bertz CT molecular complexity index is 735. The molecule has 22 heavy (non-hydrogen) atoms. The van der Waals surface area contributed by atoms with Gasteiger partial charge in [-0.25, -0.2) is 9.78 Å². The minimum absolute atomic E-state index is 0.104. The number of aromatic nitrogens is 2. The molecule has 5 heteroatoms. The predicted molar refractivity (Wildman–Crippen MR) is 84.2 cm³/mol. The van der Waals surface area contributed by atoms with E-state index >= 15 is 0 Å². The van der Waals surface area contributed by atoms with Crippen molar-refractivity contribution in [2.75, 3.05) is 7.11 Å². The molecule has 0 atom stereocenters. The molecule has 1 aromatic carbocycles. The maximum atomic E-state index is 12.3. The maximum Gasteiger partial charge on any atom is 0.337 e. The molecule has 0 bridgehead atoms. The van der Waals surface area contributed by atoms with Crippen LogP contribution in [0.3, 0.4) is 0 Å². The molecule has 0 aliphatic heterocycles. The normalized spacial score (nSPS) is 10.5. The molecule has 1 N–H and O–H groups in total. The van der Waals surface area contributed by atoms with E-state index in [-0.39, 0.29) is 11.5 Å². The Kier molecular flexibility index (Phi) is 5.09. The minimum Gasteiger partial charge on any atom is -0.465 e. The number of carbonyl (C=O) groups excluding carboxylic acids is 1. The quantitative estimate of drug-likeness (QED) is 0.860. The van der Waals surface area contributed by atoms with Gasteiger partial charge < -0.3 is 9.72 Å². The summed E-state index contributed by atoms with van der Waals surface area (Å²) in [5, 5.41) is 0. The highest BCUT2D eigenvalue weighted by molar-refractivity contribution is 5.89. The van der Waals surface area contributed by atoms with E-state index in [9.17, 15) is 9.59 Å². The highest BCUT2D eigenvalue weighted by Gasteiger charge is 2.12. The van der Waals surface area contributed by atoms with E-state index in [1.807, 2.05) is 19.9 Å². The van der Waals surface area contributed by atoms with E-state index in [2.05, 4.69) is 9.97 Å². The number of hydrogen-bond donors (Lipinski definition) is 1. The van der Waals surface area contributed by atoms with Gasteiger partial charge in [-0.1, -0.05) is 26.0 Å². The van der Waals surface area contributed by atoms with Gasteiger partial charge in [-0.05, 0) is 24.1 Å². The third-order valence-electron chi connectivity index (χ3n) is 3.55. The van der Waals surface area contributed by atoms with Crippen molar-refractivity contribution in [2.24, 2.45) is 0 Å². The van der Waals surface area contributed by atoms with Crippen LogP contribution in [0.15, 0.2) is 29.1 Å². The van der Waals surface area contributed by atoms with Crippen LogP contribution in [0.25, 0.3) is 0 Å². The first-order chi connectivity index (χ1) is 10.6. The first-order valence-electron chi connectivity index (χ1n) is 7.37. The zero-order valence-corrected chi connectivity index (χ0v) is 13.1. The van der Waals surface area contributed by atoms with Crippen LogP contribution in [0, 0.1) is 0 Å². The van der Waals surface area contributed by atoms with Gasteiger partial charge in [-0.15, -0.1) is 0 Å². The van der Waals surface area contributed by atoms with Gasteiger partial charge in [0.05, 0.1) is 18.4 Å². The molecule has 0 amide bonds. The van der Waals surface area contributed by atoms with Crippen LogP contribution in [0.2, 0.25) is 0 Å². The lowest BCUT2D eigenvalue weighted by Gasteiger charge is -2.09. The topological polar surface area (TPSA) is 72.0 Å². The summed E-state index contributed by atoms with van der Waals surface area (Å²) in [6.07, 6.45) is 1.84. The largest absolute Gasteiger partial charge is 0.465 e. The lowest BCUT2D eigenvalue weighted by molar-refractivity contribution is 0.0600. The second kappa shape index (κ2) is 7.02. The smallest absolute Gasteiger partial charge is 0.337 e. The van der Waals surface area contributed by atoms with Gasteiger partial charge in [0, 0.05) is 18.4 Å². The summed E-state index contributed by atoms with van der Waals surface area (Å²) in [7, 11) is 1.35. The van der Waals surface area contributed by atoms with Crippen LogP contribution in [-0.2, 0) is 24.0 Å². The average Bonchev–Trinajstić information content (AvgIpc) is 2.55. The zero-order chi connectivity index (χ0) is 16.1. The van der Waals surface area contributed by atoms with Crippen LogP contribution in [0.5, 0.6) is 0 Å². The zero-order valence-electron chi connectivity index (χ0n) is 13.1. The highest BCUT2D eigenvalue weighted by atomic mass is 16.5. The number of aromatic amines is 1. The molecule has 2 rings (SSSR count). The van der Waals surface area contributed by atoms with Gasteiger partial charge in [0.1, 0.15) is 5.82 Å². The van der Waals surface area contributed by atoms with E-state index < -0.39 is 0 Å². The Morgan fingerprint density at radius 3 is 2.68 bits per heavy atom. The molecule has 0 fully saturated rings. The fourth-order valence-corrected chi connectivity index (χ4v) is 2.37. The first-order valence-corrected chi connectivity index (χ1v) is 7.37. The number of methoxy groups -OCH3 is 1. The number of nitrogens with zero attached hydrogens (tertiary/aromatic N) is 1. The van der Waals surface area contributed by atoms with Crippen LogP contribution in [0.4, 0.5) is 0 Å². The molecule has 5 nitrogen and oxygen atoms in total. The molecule has 0 aliphatic rings. The Morgan fingerprint density at radius 2 is 2.05 bits per heavy atom. The van der Waals surface area contributed by atoms with Gasteiger partial charge in [-0.2, -0.15) is 0 Å². The Hall–Kier alpha value is -2.43. The molecule has 1 aromatic heterocycles. The van der Waals surface area contributed by atoms with Crippen LogP contribution in [0.1, 0.15) is 46.9 Å². The molecule has 0 unspecified atom stereocenters. The van der Waals surface area contributed by atoms with Crippen molar-refractivity contribution in [3.8, 4) is 0 Å². The number of benzene rings is 1. The van der Waals surface area contributed by atoms with Crippen molar-refractivity contribution in [2.45, 2.75) is 33.1 Å². The standard InChI is InChI=1S/C17H20N2O3/c1-4-14-13(16(20)19-15(5-2)18-14)10-11-7-6-8-12(9-11)17(21)22-3/h6-9H,4-5,10H2,1-3H3,(H,18,19,20). The molecule has 1 heterocycles. The number of aryl methyl sites for hydroxylation is 2. The summed E-state index contributed by atoms with van der Waals surface area (Å²) in [5.74, 6) is 0.319. The number of H-pyrrole nitrogens is 1. The SMILES string of the molecule is CCc1nc(CC)c(Cc2cccc(C(=O)OC)c2)c(=O)[nH]1. The van der Waals surface area contributed by atoms with E-state index in [1.54, 1.807) is 18.2 Å². The van der Waals surface area contributed by atoms with Crippen molar-refractivity contribution < 1.29 is 9.53 Å². The van der Waals surface area contributed by atoms with Crippen molar-refractivity contribution in [1.29, 1.82) is 0 Å². The summed E-state index contributed by atoms with van der Waals surface area (Å²) in [4.78, 5) is 31.2. The van der Waals surface area contributed by atoms with Crippen molar-refractivity contribution in [1.82, 2.24) is 9.97 Å². The summed E-state index contributed by atoms with van der Waals surface area (Å²) < 4.78 is 4.72.